The van der Waals surface area contributed by atoms with Gasteiger partial charge in [0.05, 0.1) is 29.3 Å². The predicted molar refractivity (Wildman–Crippen MR) is 112 cm³/mol. The van der Waals surface area contributed by atoms with Crippen molar-refractivity contribution in [2.75, 3.05) is 31.1 Å². The highest BCUT2D eigenvalue weighted by Crippen LogP contribution is 2.33. The second-order valence-corrected chi connectivity index (χ2v) is 7.58. The highest BCUT2D eigenvalue weighted by molar-refractivity contribution is 5.94. The van der Waals surface area contributed by atoms with Gasteiger partial charge >= 0.3 is 5.97 Å². The molecule has 1 aliphatic heterocycles. The second-order valence-electron chi connectivity index (χ2n) is 7.58. The van der Waals surface area contributed by atoms with Gasteiger partial charge in [-0.15, -0.1) is 0 Å². The van der Waals surface area contributed by atoms with Crippen molar-refractivity contribution in [1.82, 2.24) is 4.57 Å². The Morgan fingerprint density at radius 3 is 2.61 bits per heavy atom. The molecule has 33 heavy (non-hydrogen) atoms. The predicted octanol–water partition coefficient (Wildman–Crippen LogP) is 2.80. The van der Waals surface area contributed by atoms with Crippen LogP contribution in [0.3, 0.4) is 0 Å². The number of carboxylic acid groups (broad SMARTS) is 1. The Morgan fingerprint density at radius 1 is 1.18 bits per heavy atom. The van der Waals surface area contributed by atoms with E-state index >= 15 is 8.78 Å². The van der Waals surface area contributed by atoms with E-state index in [1.54, 1.807) is 0 Å². The fourth-order valence-electron chi connectivity index (χ4n) is 4.00. The number of aromatic carboxylic acids is 1. The molecule has 7 nitrogen and oxygen atoms in total. The number of rotatable bonds is 5. The van der Waals surface area contributed by atoms with E-state index in [2.05, 4.69) is 0 Å². The number of pyridine rings is 1. The van der Waals surface area contributed by atoms with Crippen molar-refractivity contribution in [2.24, 2.45) is 5.73 Å². The molecule has 2 aromatic carbocycles. The largest absolute Gasteiger partial charge is 0.477 e. The molecule has 4 rings (SSSR count). The summed E-state index contributed by atoms with van der Waals surface area (Å²) in [4.78, 5) is 25.7. The van der Waals surface area contributed by atoms with E-state index in [1.807, 2.05) is 0 Å². The first-order chi connectivity index (χ1) is 15.7. The lowest BCUT2D eigenvalue weighted by Crippen LogP contribution is -2.44. The monoisotopic (exact) mass is 465 g/mol. The Balaban J connectivity index is 2.02. The van der Waals surface area contributed by atoms with Crippen molar-refractivity contribution < 1.29 is 32.2 Å². The maximum Gasteiger partial charge on any atom is 0.341 e. The zero-order valence-electron chi connectivity index (χ0n) is 17.2. The zero-order chi connectivity index (χ0) is 23.9. The number of carbonyl (C=O) groups is 1. The van der Waals surface area contributed by atoms with Crippen LogP contribution in [0.25, 0.3) is 16.6 Å². The smallest absolute Gasteiger partial charge is 0.341 e. The van der Waals surface area contributed by atoms with Gasteiger partial charge in [-0.25, -0.2) is 22.4 Å². The second kappa shape index (κ2) is 8.83. The van der Waals surface area contributed by atoms with E-state index in [-0.39, 0.29) is 25.8 Å². The standard InChI is InChI=1S/C22H19F4N3O4/c23-11-1-2-17(15(24)7-11)29-10-14(22(31)32)21(30)13-8-16(25)20(18(26)19(13)29)28-5-6-33-12(9-28)3-4-27/h1-2,7-8,10,12H,3-6,9,27H2,(H,31,32). The molecule has 1 atom stereocenters. The quantitative estimate of drug-likeness (QED) is 0.563. The van der Waals surface area contributed by atoms with Gasteiger partial charge in [-0.3, -0.25) is 4.79 Å². The summed E-state index contributed by atoms with van der Waals surface area (Å²) in [5.74, 6) is -5.97. The van der Waals surface area contributed by atoms with Crippen molar-refractivity contribution in [3.8, 4) is 5.69 Å². The van der Waals surface area contributed by atoms with E-state index in [1.165, 1.54) is 4.90 Å². The van der Waals surface area contributed by atoms with E-state index in [0.717, 1.165) is 29.0 Å². The van der Waals surface area contributed by atoms with Crippen LogP contribution in [0.5, 0.6) is 0 Å². The molecule has 0 bridgehead atoms. The number of halogens is 4. The minimum Gasteiger partial charge on any atom is -0.477 e. The summed E-state index contributed by atoms with van der Waals surface area (Å²) >= 11 is 0. The molecule has 11 heteroatoms. The summed E-state index contributed by atoms with van der Waals surface area (Å²) in [5, 5.41) is 8.81. The maximum absolute atomic E-state index is 15.8. The molecule has 1 saturated heterocycles. The van der Waals surface area contributed by atoms with Gasteiger partial charge in [0.1, 0.15) is 28.7 Å². The van der Waals surface area contributed by atoms with E-state index in [0.29, 0.717) is 19.0 Å². The normalized spacial score (nSPS) is 16.4. The molecular weight excluding hydrogens is 446 g/mol. The van der Waals surface area contributed by atoms with Crippen LogP contribution >= 0.6 is 0 Å². The molecule has 174 valence electrons. The third-order valence-corrected chi connectivity index (χ3v) is 5.50. The van der Waals surface area contributed by atoms with Gasteiger partial charge in [-0.1, -0.05) is 0 Å². The van der Waals surface area contributed by atoms with Crippen molar-refractivity contribution >= 4 is 22.6 Å². The SMILES string of the molecule is NCCC1CN(c2c(F)cc3c(=O)c(C(=O)O)cn(-c4ccc(F)cc4F)c3c2F)CCO1. The van der Waals surface area contributed by atoms with Crippen LogP contribution in [-0.2, 0) is 4.74 Å². The van der Waals surface area contributed by atoms with Gasteiger partial charge < -0.3 is 25.0 Å². The first kappa shape index (κ1) is 22.7. The Kier molecular flexibility index (Phi) is 6.09. The lowest BCUT2D eigenvalue weighted by molar-refractivity contribution is 0.0364. The third kappa shape index (κ3) is 4.05. The lowest BCUT2D eigenvalue weighted by Gasteiger charge is -2.35. The fraction of sp³-hybridized carbons (Fsp3) is 0.273. The Bertz CT molecular complexity index is 1310. The number of aromatic nitrogens is 1. The molecule has 1 unspecified atom stereocenters. The number of carboxylic acids is 1. The first-order valence-corrected chi connectivity index (χ1v) is 10.1. The topological polar surface area (TPSA) is 97.8 Å². The number of ether oxygens (including phenoxy) is 1. The minimum absolute atomic E-state index is 0.124. The highest BCUT2D eigenvalue weighted by Gasteiger charge is 2.29. The van der Waals surface area contributed by atoms with Gasteiger partial charge in [0.2, 0.25) is 5.43 Å². The summed E-state index contributed by atoms with van der Waals surface area (Å²) in [6.45, 7) is 0.753. The number of fused-ring (bicyclic) bond motifs is 1. The molecule has 3 N–H and O–H groups in total. The summed E-state index contributed by atoms with van der Waals surface area (Å²) in [6, 6.07) is 3.12. The van der Waals surface area contributed by atoms with Crippen LogP contribution in [0.1, 0.15) is 16.8 Å². The van der Waals surface area contributed by atoms with E-state index < -0.39 is 62.5 Å². The molecule has 1 aliphatic rings. The van der Waals surface area contributed by atoms with Crippen LogP contribution in [0.2, 0.25) is 0 Å². The average molecular weight is 465 g/mol. The number of benzene rings is 2. The third-order valence-electron chi connectivity index (χ3n) is 5.50. The van der Waals surface area contributed by atoms with E-state index in [4.69, 9.17) is 10.5 Å². The molecule has 0 saturated carbocycles. The van der Waals surface area contributed by atoms with Crippen molar-refractivity contribution in [3.63, 3.8) is 0 Å². The molecule has 0 spiro atoms. The van der Waals surface area contributed by atoms with Gasteiger partial charge in [-0.05, 0) is 31.2 Å². The van der Waals surface area contributed by atoms with Gasteiger partial charge in [0, 0.05) is 25.4 Å². The van der Waals surface area contributed by atoms with Gasteiger partial charge in [-0.2, -0.15) is 0 Å². The maximum atomic E-state index is 15.8. The first-order valence-electron chi connectivity index (χ1n) is 10.1. The van der Waals surface area contributed by atoms with Crippen LogP contribution in [-0.4, -0.2) is 48.0 Å². The van der Waals surface area contributed by atoms with Crippen molar-refractivity contribution in [2.45, 2.75) is 12.5 Å². The van der Waals surface area contributed by atoms with Gasteiger partial charge in [0.25, 0.3) is 0 Å². The molecule has 3 aromatic rings. The number of hydrogen-bond donors (Lipinski definition) is 2. The van der Waals surface area contributed by atoms with Crippen LogP contribution < -0.4 is 16.1 Å². The van der Waals surface area contributed by atoms with Crippen molar-refractivity contribution in [1.29, 1.82) is 0 Å². The summed E-state index contributed by atoms with van der Waals surface area (Å²) in [6.07, 6.45) is 0.829. The highest BCUT2D eigenvalue weighted by atomic mass is 19.1. The average Bonchev–Trinajstić information content (AvgIpc) is 2.75. The molecule has 2 heterocycles. The van der Waals surface area contributed by atoms with Crippen LogP contribution in [0.15, 0.2) is 35.3 Å². The van der Waals surface area contributed by atoms with Crippen molar-refractivity contribution in [3.05, 3.63) is 69.5 Å². The number of anilines is 1. The molecule has 1 aromatic heterocycles. The summed E-state index contributed by atoms with van der Waals surface area (Å²) < 4.78 is 65.3. The Labute approximate surface area is 184 Å². The lowest BCUT2D eigenvalue weighted by atomic mass is 10.1. The van der Waals surface area contributed by atoms with E-state index in [9.17, 15) is 23.5 Å². The summed E-state index contributed by atoms with van der Waals surface area (Å²) in [5.41, 5.74) is 2.17. The fourth-order valence-corrected chi connectivity index (χ4v) is 4.00. The number of nitrogens with zero attached hydrogens (tertiary/aromatic N) is 2. The van der Waals surface area contributed by atoms with Gasteiger partial charge in [0.15, 0.2) is 5.82 Å². The Hall–Kier alpha value is -3.44. The molecule has 0 radical (unpaired) electrons. The molecule has 0 aliphatic carbocycles. The molecule has 1 fully saturated rings. The molecular formula is C22H19F4N3O4. The minimum atomic E-state index is -1.67. The summed E-state index contributed by atoms with van der Waals surface area (Å²) in [7, 11) is 0. The number of hydrogen-bond acceptors (Lipinski definition) is 5. The zero-order valence-corrected chi connectivity index (χ0v) is 17.2. The number of nitrogens with two attached hydrogens (primary N) is 1. The Morgan fingerprint density at radius 2 is 1.94 bits per heavy atom. The van der Waals surface area contributed by atoms with Crippen LogP contribution in [0, 0.1) is 23.3 Å². The molecule has 0 amide bonds. The van der Waals surface area contributed by atoms with Crippen LogP contribution in [0.4, 0.5) is 23.2 Å². The number of morpholine rings is 1.